The molecule has 0 aliphatic rings. The zero-order chi connectivity index (χ0) is 21.7. The zero-order valence-corrected chi connectivity index (χ0v) is 18.0. The molecule has 0 bridgehead atoms. The number of nitrogens with one attached hydrogen (secondary N) is 3. The molecular weight excluding hydrogens is 418 g/mol. The lowest BCUT2D eigenvalue weighted by Gasteiger charge is -2.12. The van der Waals surface area contributed by atoms with Crippen LogP contribution in [-0.2, 0) is 0 Å². The van der Waals surface area contributed by atoms with Gasteiger partial charge in [-0.2, -0.15) is 0 Å². The van der Waals surface area contributed by atoms with Gasteiger partial charge in [0.25, 0.3) is 11.8 Å². The fraction of sp³-hybridized carbons (Fsp3) is 0.0870. The number of thiocarbonyl (C=S) groups is 1. The number of anilines is 2. The van der Waals surface area contributed by atoms with Gasteiger partial charge in [-0.05, 0) is 68.0 Å². The minimum atomic E-state index is -0.316. The van der Waals surface area contributed by atoms with E-state index in [2.05, 4.69) is 16.0 Å². The van der Waals surface area contributed by atoms with Crippen molar-refractivity contribution in [3.05, 3.63) is 94.0 Å². The van der Waals surface area contributed by atoms with Crippen molar-refractivity contribution in [2.45, 2.75) is 13.8 Å². The predicted molar refractivity (Wildman–Crippen MR) is 125 cm³/mol. The third-order valence-corrected chi connectivity index (χ3v) is 4.88. The first-order chi connectivity index (χ1) is 14.3. The maximum absolute atomic E-state index is 12.5. The standard InChI is InChI=1S/C23H20ClN3O2S/c1-14-10-11-18(15(2)12-14)21(28)27-23(30)26-17-7-5-6-16(13-17)25-22(29)19-8-3-4-9-20(19)24/h3-13H,1-2H3,(H,25,29)(H2,26,27,28,30). The van der Waals surface area contributed by atoms with Gasteiger partial charge in [0.05, 0.1) is 10.6 Å². The van der Waals surface area contributed by atoms with Gasteiger partial charge in [-0.3, -0.25) is 14.9 Å². The number of rotatable bonds is 4. The van der Waals surface area contributed by atoms with Crippen LogP contribution in [0.25, 0.3) is 0 Å². The highest BCUT2D eigenvalue weighted by Gasteiger charge is 2.12. The van der Waals surface area contributed by atoms with Gasteiger partial charge in [-0.25, -0.2) is 0 Å². The normalized spacial score (nSPS) is 10.2. The van der Waals surface area contributed by atoms with E-state index in [1.807, 2.05) is 26.0 Å². The van der Waals surface area contributed by atoms with Crippen molar-refractivity contribution in [2.75, 3.05) is 10.6 Å². The molecule has 0 aliphatic heterocycles. The highest BCUT2D eigenvalue weighted by atomic mass is 35.5. The molecule has 30 heavy (non-hydrogen) atoms. The summed E-state index contributed by atoms with van der Waals surface area (Å²) in [7, 11) is 0. The van der Waals surface area contributed by atoms with Gasteiger partial charge in [0.15, 0.2) is 5.11 Å². The van der Waals surface area contributed by atoms with Crippen molar-refractivity contribution in [3.63, 3.8) is 0 Å². The van der Waals surface area contributed by atoms with Gasteiger partial charge in [0.1, 0.15) is 0 Å². The van der Waals surface area contributed by atoms with Crippen LogP contribution in [0.1, 0.15) is 31.8 Å². The molecule has 3 aromatic carbocycles. The van der Waals surface area contributed by atoms with E-state index in [-0.39, 0.29) is 16.9 Å². The molecule has 0 fully saturated rings. The Balaban J connectivity index is 1.64. The van der Waals surface area contributed by atoms with Crippen molar-refractivity contribution in [2.24, 2.45) is 0 Å². The van der Waals surface area contributed by atoms with Crippen LogP contribution in [0.5, 0.6) is 0 Å². The fourth-order valence-electron chi connectivity index (χ4n) is 2.92. The van der Waals surface area contributed by atoms with Crippen LogP contribution in [0.15, 0.2) is 66.7 Å². The average Bonchev–Trinajstić information content (AvgIpc) is 2.68. The monoisotopic (exact) mass is 437 g/mol. The second kappa shape index (κ2) is 9.52. The summed E-state index contributed by atoms with van der Waals surface area (Å²) in [6, 6.07) is 19.4. The molecule has 0 radical (unpaired) electrons. The van der Waals surface area contributed by atoms with Crippen LogP contribution in [0.4, 0.5) is 11.4 Å². The molecule has 0 saturated carbocycles. The summed E-state index contributed by atoms with van der Waals surface area (Å²) < 4.78 is 0. The largest absolute Gasteiger partial charge is 0.332 e. The van der Waals surface area contributed by atoms with Gasteiger partial charge in [0, 0.05) is 16.9 Å². The Bertz CT molecular complexity index is 1130. The van der Waals surface area contributed by atoms with Crippen LogP contribution in [0, 0.1) is 13.8 Å². The number of benzene rings is 3. The lowest BCUT2D eigenvalue weighted by Crippen LogP contribution is -2.34. The zero-order valence-electron chi connectivity index (χ0n) is 16.5. The minimum Gasteiger partial charge on any atom is -0.332 e. The number of amides is 2. The van der Waals surface area contributed by atoms with Crippen LogP contribution >= 0.6 is 23.8 Å². The molecular formula is C23H20ClN3O2S. The van der Waals surface area contributed by atoms with E-state index in [9.17, 15) is 9.59 Å². The number of halogens is 1. The quantitative estimate of drug-likeness (QED) is 0.482. The van der Waals surface area contributed by atoms with E-state index in [1.165, 1.54) is 0 Å². The summed E-state index contributed by atoms with van der Waals surface area (Å²) in [6.07, 6.45) is 0. The molecule has 3 rings (SSSR count). The topological polar surface area (TPSA) is 70.2 Å². The molecule has 0 saturated heterocycles. The molecule has 2 amide bonds. The molecule has 3 N–H and O–H groups in total. The Morgan fingerprint density at radius 3 is 2.20 bits per heavy atom. The molecule has 0 unspecified atom stereocenters. The summed E-state index contributed by atoms with van der Waals surface area (Å²) in [4.78, 5) is 24.9. The van der Waals surface area contributed by atoms with Gasteiger partial charge < -0.3 is 10.6 Å². The predicted octanol–water partition coefficient (Wildman–Crippen LogP) is 5.34. The van der Waals surface area contributed by atoms with Crippen LogP contribution in [-0.4, -0.2) is 16.9 Å². The van der Waals surface area contributed by atoms with E-state index >= 15 is 0 Å². The summed E-state index contributed by atoms with van der Waals surface area (Å²) in [5.41, 5.74) is 4.09. The summed E-state index contributed by atoms with van der Waals surface area (Å²) >= 11 is 11.3. The third kappa shape index (κ3) is 5.43. The molecule has 0 heterocycles. The van der Waals surface area contributed by atoms with Crippen LogP contribution in [0.2, 0.25) is 5.02 Å². The van der Waals surface area contributed by atoms with Crippen molar-refractivity contribution < 1.29 is 9.59 Å². The Morgan fingerprint density at radius 2 is 1.50 bits per heavy atom. The number of hydrogen-bond acceptors (Lipinski definition) is 3. The second-order valence-corrected chi connectivity index (χ2v) is 7.56. The van der Waals surface area contributed by atoms with Crippen molar-refractivity contribution >= 4 is 52.1 Å². The summed E-state index contributed by atoms with van der Waals surface area (Å²) in [6.45, 7) is 3.85. The number of carbonyl (C=O) groups is 2. The lowest BCUT2D eigenvalue weighted by atomic mass is 10.1. The maximum Gasteiger partial charge on any atom is 0.257 e. The molecule has 0 spiro atoms. The van der Waals surface area contributed by atoms with Crippen molar-refractivity contribution in [3.8, 4) is 0 Å². The van der Waals surface area contributed by atoms with Gasteiger partial charge in [-0.1, -0.05) is 47.5 Å². The van der Waals surface area contributed by atoms with E-state index in [1.54, 1.807) is 54.6 Å². The van der Waals surface area contributed by atoms with Crippen molar-refractivity contribution in [1.29, 1.82) is 0 Å². The van der Waals surface area contributed by atoms with Gasteiger partial charge in [0.2, 0.25) is 0 Å². The Labute approximate surface area is 185 Å². The van der Waals surface area contributed by atoms with E-state index in [0.29, 0.717) is 27.5 Å². The Hall–Kier alpha value is -3.22. The third-order valence-electron chi connectivity index (χ3n) is 4.35. The van der Waals surface area contributed by atoms with Crippen LogP contribution < -0.4 is 16.0 Å². The number of hydrogen-bond donors (Lipinski definition) is 3. The van der Waals surface area contributed by atoms with E-state index in [0.717, 1.165) is 11.1 Å². The first kappa shape index (κ1) is 21.5. The molecule has 7 heteroatoms. The fourth-order valence-corrected chi connectivity index (χ4v) is 3.35. The molecule has 0 atom stereocenters. The van der Waals surface area contributed by atoms with E-state index in [4.69, 9.17) is 23.8 Å². The molecule has 152 valence electrons. The van der Waals surface area contributed by atoms with Crippen LogP contribution in [0.3, 0.4) is 0 Å². The Kier molecular flexibility index (Phi) is 6.82. The molecule has 5 nitrogen and oxygen atoms in total. The molecule has 3 aromatic rings. The minimum absolute atomic E-state index is 0.162. The first-order valence-corrected chi connectivity index (χ1v) is 9.97. The maximum atomic E-state index is 12.5. The average molecular weight is 438 g/mol. The SMILES string of the molecule is Cc1ccc(C(=O)NC(=S)Nc2cccc(NC(=O)c3ccccc3Cl)c2)c(C)c1. The second-order valence-electron chi connectivity index (χ2n) is 6.74. The molecule has 0 aliphatic carbocycles. The van der Waals surface area contributed by atoms with Gasteiger partial charge >= 0.3 is 0 Å². The van der Waals surface area contributed by atoms with E-state index < -0.39 is 0 Å². The highest BCUT2D eigenvalue weighted by Crippen LogP contribution is 2.19. The number of aryl methyl sites for hydroxylation is 2. The smallest absolute Gasteiger partial charge is 0.257 e. The molecule has 0 aromatic heterocycles. The summed E-state index contributed by atoms with van der Waals surface area (Å²) in [5.74, 6) is -0.600. The van der Waals surface area contributed by atoms with Crippen molar-refractivity contribution in [1.82, 2.24) is 5.32 Å². The lowest BCUT2D eigenvalue weighted by molar-refractivity contribution is 0.0975. The first-order valence-electron chi connectivity index (χ1n) is 9.19. The van der Waals surface area contributed by atoms with Gasteiger partial charge in [-0.15, -0.1) is 0 Å². The number of carbonyl (C=O) groups excluding carboxylic acids is 2. The Morgan fingerprint density at radius 1 is 0.800 bits per heavy atom. The summed E-state index contributed by atoms with van der Waals surface area (Å²) in [5, 5.41) is 8.97. The highest BCUT2D eigenvalue weighted by molar-refractivity contribution is 7.80.